The number of rotatable bonds is 4. The van der Waals surface area contributed by atoms with Crippen LogP contribution in [0.1, 0.15) is 11.3 Å². The highest BCUT2D eigenvalue weighted by molar-refractivity contribution is 8.00. The fraction of sp³-hybridized carbons (Fsp3) is 0.190. The Balaban J connectivity index is 0.00000210. The summed E-state index contributed by atoms with van der Waals surface area (Å²) in [6, 6.07) is 16.6. The molecule has 0 radical (unpaired) electrons. The molecule has 0 fully saturated rings. The lowest BCUT2D eigenvalue weighted by molar-refractivity contribution is 0.461. The monoisotopic (exact) mass is 416 g/mol. The molecular formula is C21H21ClN2OS2. The van der Waals surface area contributed by atoms with Gasteiger partial charge in [0.15, 0.2) is 5.75 Å². The summed E-state index contributed by atoms with van der Waals surface area (Å²) in [5.74, 6) is 0.370. The first kappa shape index (κ1) is 19.9. The Labute approximate surface area is 174 Å². The van der Waals surface area contributed by atoms with Crippen LogP contribution in [0.4, 0.5) is 11.4 Å². The SMILES string of the molecule is CSc1ccc2c(c1O)N(CCc1ncccc1C)c1ccccc1S2.Cl. The number of anilines is 2. The molecule has 27 heavy (non-hydrogen) atoms. The fourth-order valence-electron chi connectivity index (χ4n) is 3.29. The van der Waals surface area contributed by atoms with Crippen molar-refractivity contribution >= 4 is 47.3 Å². The van der Waals surface area contributed by atoms with Crippen LogP contribution in [0.3, 0.4) is 0 Å². The van der Waals surface area contributed by atoms with Gasteiger partial charge in [-0.3, -0.25) is 4.98 Å². The molecule has 0 saturated heterocycles. The van der Waals surface area contributed by atoms with Gasteiger partial charge in [-0.1, -0.05) is 30.0 Å². The number of nitrogens with zero attached hydrogens (tertiary/aromatic N) is 2. The third kappa shape index (κ3) is 3.77. The van der Waals surface area contributed by atoms with Gasteiger partial charge in [-0.2, -0.15) is 0 Å². The molecule has 1 aliphatic rings. The molecule has 0 aliphatic carbocycles. The van der Waals surface area contributed by atoms with Crippen LogP contribution in [-0.4, -0.2) is 22.9 Å². The number of aryl methyl sites for hydroxylation is 1. The Morgan fingerprint density at radius 1 is 1.07 bits per heavy atom. The molecule has 3 nitrogen and oxygen atoms in total. The van der Waals surface area contributed by atoms with Gasteiger partial charge in [-0.25, -0.2) is 0 Å². The summed E-state index contributed by atoms with van der Waals surface area (Å²) in [4.78, 5) is 9.99. The summed E-state index contributed by atoms with van der Waals surface area (Å²) in [5.41, 5.74) is 4.36. The number of benzene rings is 2. The third-order valence-corrected chi connectivity index (χ3v) is 6.52. The van der Waals surface area contributed by atoms with Gasteiger partial charge in [0, 0.05) is 34.6 Å². The van der Waals surface area contributed by atoms with E-state index < -0.39 is 0 Å². The minimum absolute atomic E-state index is 0. The molecule has 2 heterocycles. The lowest BCUT2D eigenvalue weighted by Gasteiger charge is -2.33. The van der Waals surface area contributed by atoms with Crippen molar-refractivity contribution in [3.8, 4) is 5.75 Å². The highest BCUT2D eigenvalue weighted by atomic mass is 35.5. The average Bonchev–Trinajstić information content (AvgIpc) is 2.67. The van der Waals surface area contributed by atoms with E-state index in [0.717, 1.165) is 39.8 Å². The number of aromatic hydroxyl groups is 1. The first-order valence-electron chi connectivity index (χ1n) is 8.54. The number of fused-ring (bicyclic) bond motifs is 2. The van der Waals surface area contributed by atoms with Crippen LogP contribution in [0.15, 0.2) is 69.4 Å². The van der Waals surface area contributed by atoms with Crippen LogP contribution in [0.25, 0.3) is 0 Å². The maximum atomic E-state index is 10.9. The number of hydrogen-bond acceptors (Lipinski definition) is 5. The lowest BCUT2D eigenvalue weighted by atomic mass is 10.1. The Hall–Kier alpha value is -1.82. The third-order valence-electron chi connectivity index (χ3n) is 4.63. The quantitative estimate of drug-likeness (QED) is 0.521. The maximum Gasteiger partial charge on any atom is 0.153 e. The Morgan fingerprint density at radius 3 is 2.67 bits per heavy atom. The van der Waals surface area contributed by atoms with Crippen LogP contribution in [0.5, 0.6) is 5.75 Å². The van der Waals surface area contributed by atoms with Gasteiger partial charge < -0.3 is 10.0 Å². The molecule has 1 aromatic heterocycles. The summed E-state index contributed by atoms with van der Waals surface area (Å²) in [6.07, 6.45) is 4.67. The predicted molar refractivity (Wildman–Crippen MR) is 117 cm³/mol. The van der Waals surface area contributed by atoms with Crippen molar-refractivity contribution in [1.29, 1.82) is 0 Å². The second-order valence-electron chi connectivity index (χ2n) is 6.20. The molecule has 0 spiro atoms. The van der Waals surface area contributed by atoms with Gasteiger partial charge in [-0.15, -0.1) is 24.2 Å². The van der Waals surface area contributed by atoms with Crippen molar-refractivity contribution in [3.05, 3.63) is 66.0 Å². The number of halogens is 1. The van der Waals surface area contributed by atoms with Crippen LogP contribution >= 0.6 is 35.9 Å². The number of phenols is 1. The summed E-state index contributed by atoms with van der Waals surface area (Å²) >= 11 is 3.29. The number of hydrogen-bond donors (Lipinski definition) is 1. The van der Waals surface area contributed by atoms with Crippen LogP contribution in [0.2, 0.25) is 0 Å². The summed E-state index contributed by atoms with van der Waals surface area (Å²) < 4.78 is 0. The molecule has 0 unspecified atom stereocenters. The number of pyridine rings is 1. The van der Waals surface area contributed by atoms with Crippen LogP contribution in [-0.2, 0) is 6.42 Å². The van der Waals surface area contributed by atoms with Crippen LogP contribution < -0.4 is 4.90 Å². The summed E-state index contributed by atoms with van der Waals surface area (Å²) in [6.45, 7) is 2.87. The molecule has 0 saturated carbocycles. The van der Waals surface area contributed by atoms with Crippen molar-refractivity contribution in [2.75, 3.05) is 17.7 Å². The van der Waals surface area contributed by atoms with Gasteiger partial charge in [0.2, 0.25) is 0 Å². The van der Waals surface area contributed by atoms with Crippen molar-refractivity contribution in [1.82, 2.24) is 4.98 Å². The Morgan fingerprint density at radius 2 is 1.89 bits per heavy atom. The second-order valence-corrected chi connectivity index (χ2v) is 8.13. The van der Waals surface area contributed by atoms with Gasteiger partial charge >= 0.3 is 0 Å². The zero-order valence-corrected chi connectivity index (χ0v) is 17.6. The standard InChI is InChI=1S/C21H20N2OS2.ClH/c1-14-6-5-12-22-15(14)11-13-23-16-7-3-4-8-17(16)26-18-9-10-19(25-2)21(24)20(18)23;/h3-10,12,24H,11,13H2,1-2H3;1H. The van der Waals surface area contributed by atoms with Crippen molar-refractivity contribution < 1.29 is 5.11 Å². The maximum absolute atomic E-state index is 10.9. The van der Waals surface area contributed by atoms with Crippen molar-refractivity contribution in [2.45, 2.75) is 28.0 Å². The lowest BCUT2D eigenvalue weighted by Crippen LogP contribution is -2.24. The molecule has 140 valence electrons. The minimum atomic E-state index is 0. The van der Waals surface area contributed by atoms with Gasteiger partial charge in [-0.05, 0) is 49.1 Å². The topological polar surface area (TPSA) is 36.4 Å². The zero-order valence-electron chi connectivity index (χ0n) is 15.2. The highest BCUT2D eigenvalue weighted by Crippen LogP contribution is 2.53. The van der Waals surface area contributed by atoms with E-state index in [2.05, 4.69) is 53.2 Å². The number of para-hydroxylation sites is 1. The first-order chi connectivity index (χ1) is 12.7. The number of thioether (sulfide) groups is 1. The number of aromatic nitrogens is 1. The first-order valence-corrected chi connectivity index (χ1v) is 10.6. The Bertz CT molecular complexity index is 965. The van der Waals surface area contributed by atoms with E-state index in [1.54, 1.807) is 23.5 Å². The van der Waals surface area contributed by atoms with E-state index in [4.69, 9.17) is 0 Å². The molecule has 3 aromatic rings. The van der Waals surface area contributed by atoms with Gasteiger partial charge in [0.25, 0.3) is 0 Å². The molecule has 2 aromatic carbocycles. The van der Waals surface area contributed by atoms with Gasteiger partial charge in [0.1, 0.15) is 0 Å². The van der Waals surface area contributed by atoms with Crippen molar-refractivity contribution in [3.63, 3.8) is 0 Å². The molecule has 0 atom stereocenters. The number of phenolic OH excluding ortho intramolecular Hbond substituents is 1. The van der Waals surface area contributed by atoms with Crippen molar-refractivity contribution in [2.24, 2.45) is 0 Å². The normalized spacial score (nSPS) is 12.1. The molecule has 0 amide bonds. The largest absolute Gasteiger partial charge is 0.505 e. The Kier molecular flexibility index (Phi) is 6.25. The van der Waals surface area contributed by atoms with E-state index in [-0.39, 0.29) is 12.4 Å². The smallest absolute Gasteiger partial charge is 0.153 e. The molecular weight excluding hydrogens is 396 g/mol. The van der Waals surface area contributed by atoms with E-state index in [1.807, 2.05) is 24.6 Å². The summed E-state index contributed by atoms with van der Waals surface area (Å²) in [7, 11) is 0. The zero-order chi connectivity index (χ0) is 18.1. The second kappa shape index (κ2) is 8.46. The molecule has 6 heteroatoms. The van der Waals surface area contributed by atoms with E-state index >= 15 is 0 Å². The molecule has 1 N–H and O–H groups in total. The minimum Gasteiger partial charge on any atom is -0.505 e. The fourth-order valence-corrected chi connectivity index (χ4v) is 4.89. The predicted octanol–water partition coefficient (Wildman–Crippen LogP) is 6.08. The van der Waals surface area contributed by atoms with Gasteiger partial charge in [0.05, 0.1) is 16.3 Å². The van der Waals surface area contributed by atoms with E-state index in [9.17, 15) is 5.11 Å². The summed E-state index contributed by atoms with van der Waals surface area (Å²) in [5, 5.41) is 10.9. The highest BCUT2D eigenvalue weighted by Gasteiger charge is 2.27. The van der Waals surface area contributed by atoms with E-state index in [0.29, 0.717) is 5.75 Å². The molecule has 0 bridgehead atoms. The van der Waals surface area contributed by atoms with Crippen LogP contribution in [0, 0.1) is 6.92 Å². The molecule has 4 rings (SSSR count). The average molecular weight is 417 g/mol. The van der Waals surface area contributed by atoms with E-state index in [1.165, 1.54) is 10.5 Å². The molecule has 1 aliphatic heterocycles.